The van der Waals surface area contributed by atoms with Gasteiger partial charge in [-0.1, -0.05) is 18.2 Å². The van der Waals surface area contributed by atoms with E-state index >= 15 is 0 Å². The highest BCUT2D eigenvalue weighted by Crippen LogP contribution is 2.43. The Morgan fingerprint density at radius 3 is 2.53 bits per heavy atom. The molecule has 0 saturated carbocycles. The number of furan rings is 1. The first-order valence-electron chi connectivity index (χ1n) is 9.74. The highest BCUT2D eigenvalue weighted by Gasteiger charge is 2.47. The summed E-state index contributed by atoms with van der Waals surface area (Å²) in [6.07, 6.45) is 1.44. The van der Waals surface area contributed by atoms with Crippen molar-refractivity contribution in [1.82, 2.24) is 4.90 Å². The van der Waals surface area contributed by atoms with Crippen molar-refractivity contribution in [2.24, 2.45) is 0 Å². The zero-order valence-electron chi connectivity index (χ0n) is 17.4. The normalized spacial score (nSPS) is 17.6. The molecule has 8 heteroatoms. The van der Waals surface area contributed by atoms with Crippen molar-refractivity contribution in [2.45, 2.75) is 12.6 Å². The second kappa shape index (κ2) is 8.58. The van der Waals surface area contributed by atoms with Crippen LogP contribution in [0.15, 0.2) is 70.9 Å². The minimum Gasteiger partial charge on any atom is -0.507 e. The molecule has 3 aromatic rings. The molecule has 0 bridgehead atoms. The third-order valence-electron chi connectivity index (χ3n) is 5.31. The summed E-state index contributed by atoms with van der Waals surface area (Å²) in [4.78, 5) is 27.2. The number of hydrogen-bond acceptors (Lipinski definition) is 6. The summed E-state index contributed by atoms with van der Waals surface area (Å²) in [7, 11) is 2.86. The average Bonchev–Trinajstić information content (AvgIpc) is 3.41. The van der Waals surface area contributed by atoms with Crippen LogP contribution in [-0.2, 0) is 16.1 Å². The Morgan fingerprint density at radius 1 is 1.09 bits per heavy atom. The first kappa shape index (κ1) is 21.2. The second-order valence-corrected chi connectivity index (χ2v) is 7.09. The Kier molecular flexibility index (Phi) is 5.68. The number of hydrogen-bond donors (Lipinski definition) is 1. The van der Waals surface area contributed by atoms with Crippen LogP contribution in [0.4, 0.5) is 4.39 Å². The fourth-order valence-corrected chi connectivity index (χ4v) is 3.78. The lowest BCUT2D eigenvalue weighted by molar-refractivity contribution is -0.140. The minimum absolute atomic E-state index is 0.0710. The molecule has 0 spiro atoms. The number of nitrogens with zero attached hydrogens (tertiary/aromatic N) is 1. The van der Waals surface area contributed by atoms with Gasteiger partial charge >= 0.3 is 0 Å². The number of aliphatic hydroxyl groups excluding tert-OH is 1. The molecule has 1 aromatic heterocycles. The number of halogens is 1. The summed E-state index contributed by atoms with van der Waals surface area (Å²) in [5.74, 6) is -1.86. The lowest BCUT2D eigenvalue weighted by Gasteiger charge is -2.25. The zero-order valence-corrected chi connectivity index (χ0v) is 17.4. The number of likely N-dealkylation sites (tertiary alicyclic amines) is 1. The molecule has 1 fully saturated rings. The zero-order chi connectivity index (χ0) is 22.8. The molecular formula is C24H20FNO6. The lowest BCUT2D eigenvalue weighted by atomic mass is 9.94. The Balaban J connectivity index is 1.94. The number of carbonyl (C=O) groups is 2. The molecule has 0 aliphatic carbocycles. The molecular weight excluding hydrogens is 417 g/mol. The number of amides is 1. The summed E-state index contributed by atoms with van der Waals surface area (Å²) in [5, 5.41) is 11.2. The molecule has 164 valence electrons. The van der Waals surface area contributed by atoms with Crippen molar-refractivity contribution < 1.29 is 33.0 Å². The number of carbonyl (C=O) groups excluding carboxylic acids is 2. The molecule has 32 heavy (non-hydrogen) atoms. The molecule has 1 atom stereocenters. The van der Waals surface area contributed by atoms with E-state index in [4.69, 9.17) is 13.9 Å². The van der Waals surface area contributed by atoms with Gasteiger partial charge in [0, 0.05) is 5.56 Å². The maximum absolute atomic E-state index is 14.8. The van der Waals surface area contributed by atoms with Gasteiger partial charge in [0.2, 0.25) is 0 Å². The standard InChI is InChI=1S/C24H20FNO6/c1-30-14-9-10-19(31-2)17(12-14)22(27)20-21(16-7-3-4-8-18(16)25)26(24(29)23(20)28)13-15-6-5-11-32-15/h3-12,21,27H,13H2,1-2H3/b22-20+. The number of ketones is 1. The molecule has 1 N–H and O–H groups in total. The van der Waals surface area contributed by atoms with E-state index in [2.05, 4.69) is 0 Å². The van der Waals surface area contributed by atoms with Crippen LogP contribution in [0.2, 0.25) is 0 Å². The van der Waals surface area contributed by atoms with Gasteiger partial charge in [-0.05, 0) is 36.4 Å². The molecule has 1 unspecified atom stereocenters. The molecule has 1 aliphatic rings. The predicted octanol–water partition coefficient (Wildman–Crippen LogP) is 4.06. The Hall–Kier alpha value is -4.07. The first-order valence-corrected chi connectivity index (χ1v) is 9.74. The average molecular weight is 437 g/mol. The van der Waals surface area contributed by atoms with Crippen molar-refractivity contribution in [3.05, 3.63) is 89.1 Å². The van der Waals surface area contributed by atoms with E-state index < -0.39 is 29.3 Å². The van der Waals surface area contributed by atoms with Gasteiger partial charge in [0.05, 0.1) is 44.2 Å². The van der Waals surface area contributed by atoms with E-state index in [-0.39, 0.29) is 29.0 Å². The van der Waals surface area contributed by atoms with E-state index in [1.165, 1.54) is 49.6 Å². The summed E-state index contributed by atoms with van der Waals surface area (Å²) in [6.45, 7) is -0.0808. The Labute approximate surface area is 183 Å². The molecule has 4 rings (SSSR count). The topological polar surface area (TPSA) is 89.2 Å². The van der Waals surface area contributed by atoms with Gasteiger partial charge < -0.3 is 23.9 Å². The lowest BCUT2D eigenvalue weighted by Crippen LogP contribution is -2.29. The Morgan fingerprint density at radius 2 is 1.88 bits per heavy atom. The second-order valence-electron chi connectivity index (χ2n) is 7.09. The molecule has 1 amide bonds. The van der Waals surface area contributed by atoms with Crippen LogP contribution in [0.3, 0.4) is 0 Å². The number of benzene rings is 2. The number of rotatable bonds is 6. The van der Waals surface area contributed by atoms with Gasteiger partial charge in [-0.2, -0.15) is 0 Å². The van der Waals surface area contributed by atoms with E-state index in [0.717, 1.165) is 0 Å². The molecule has 2 aromatic carbocycles. The largest absolute Gasteiger partial charge is 0.507 e. The van der Waals surface area contributed by atoms with E-state index in [1.54, 1.807) is 30.3 Å². The quantitative estimate of drug-likeness (QED) is 0.355. The predicted molar refractivity (Wildman–Crippen MR) is 113 cm³/mol. The van der Waals surface area contributed by atoms with Crippen molar-refractivity contribution in [3.8, 4) is 11.5 Å². The molecule has 1 aliphatic heterocycles. The van der Waals surface area contributed by atoms with Gasteiger partial charge in [0.25, 0.3) is 11.7 Å². The van der Waals surface area contributed by atoms with Crippen molar-refractivity contribution in [3.63, 3.8) is 0 Å². The number of aliphatic hydroxyl groups is 1. The number of ether oxygens (including phenoxy) is 2. The van der Waals surface area contributed by atoms with Crippen LogP contribution >= 0.6 is 0 Å². The fourth-order valence-electron chi connectivity index (χ4n) is 3.78. The Bertz CT molecular complexity index is 1200. The SMILES string of the molecule is COc1ccc(OC)c(/C(O)=C2\C(=O)C(=O)N(Cc3ccco3)C2c2ccccc2F)c1. The van der Waals surface area contributed by atoms with Crippen LogP contribution in [0, 0.1) is 5.82 Å². The monoisotopic (exact) mass is 437 g/mol. The first-order chi connectivity index (χ1) is 15.5. The highest BCUT2D eigenvalue weighted by molar-refractivity contribution is 6.46. The third-order valence-corrected chi connectivity index (χ3v) is 5.31. The maximum atomic E-state index is 14.8. The smallest absolute Gasteiger partial charge is 0.296 e. The molecule has 7 nitrogen and oxygen atoms in total. The fraction of sp³-hybridized carbons (Fsp3) is 0.167. The maximum Gasteiger partial charge on any atom is 0.296 e. The third kappa shape index (κ3) is 3.60. The molecule has 0 radical (unpaired) electrons. The van der Waals surface area contributed by atoms with E-state index in [1.807, 2.05) is 0 Å². The van der Waals surface area contributed by atoms with Crippen LogP contribution in [0.5, 0.6) is 11.5 Å². The number of methoxy groups -OCH3 is 2. The summed E-state index contributed by atoms with van der Waals surface area (Å²) < 4.78 is 30.7. The van der Waals surface area contributed by atoms with E-state index in [0.29, 0.717) is 11.5 Å². The summed E-state index contributed by atoms with van der Waals surface area (Å²) in [5.41, 5.74) is -0.0379. The van der Waals surface area contributed by atoms with Crippen molar-refractivity contribution in [2.75, 3.05) is 14.2 Å². The van der Waals surface area contributed by atoms with Crippen LogP contribution < -0.4 is 9.47 Å². The van der Waals surface area contributed by atoms with E-state index in [9.17, 15) is 19.1 Å². The van der Waals surface area contributed by atoms with Gasteiger partial charge in [-0.15, -0.1) is 0 Å². The van der Waals surface area contributed by atoms with Gasteiger partial charge in [-0.3, -0.25) is 9.59 Å². The van der Waals surface area contributed by atoms with Gasteiger partial charge in [0.1, 0.15) is 28.8 Å². The van der Waals surface area contributed by atoms with Crippen molar-refractivity contribution >= 4 is 17.4 Å². The summed E-state index contributed by atoms with van der Waals surface area (Å²) in [6, 6.07) is 12.6. The molecule has 2 heterocycles. The number of Topliss-reactive ketones (excluding diaryl/α,β-unsaturated/α-hetero) is 1. The van der Waals surface area contributed by atoms with Crippen LogP contribution in [0.25, 0.3) is 5.76 Å². The van der Waals surface area contributed by atoms with Crippen LogP contribution in [0.1, 0.15) is 22.9 Å². The van der Waals surface area contributed by atoms with Crippen LogP contribution in [-0.4, -0.2) is 35.9 Å². The molecule has 1 saturated heterocycles. The minimum atomic E-state index is -1.17. The van der Waals surface area contributed by atoms with Gasteiger partial charge in [0.15, 0.2) is 0 Å². The van der Waals surface area contributed by atoms with Crippen molar-refractivity contribution in [1.29, 1.82) is 0 Å². The highest BCUT2D eigenvalue weighted by atomic mass is 19.1. The van der Waals surface area contributed by atoms with Gasteiger partial charge in [-0.25, -0.2) is 4.39 Å². The summed E-state index contributed by atoms with van der Waals surface area (Å²) >= 11 is 0.